The molecule has 0 spiro atoms. The molecule has 0 bridgehead atoms. The van der Waals surface area contributed by atoms with Gasteiger partial charge >= 0.3 is 0 Å². The lowest BCUT2D eigenvalue weighted by Crippen LogP contribution is -2.14. The number of hydrogen-bond donors (Lipinski definition) is 3. The number of nitrogens with zero attached hydrogens (tertiary/aromatic N) is 3. The minimum atomic E-state index is -0.191. The van der Waals surface area contributed by atoms with Crippen LogP contribution in [0.1, 0.15) is 40.2 Å². The third-order valence-electron chi connectivity index (χ3n) is 5.56. The molecule has 4 aromatic rings. The maximum atomic E-state index is 12.8. The Hall–Kier alpha value is -3.26. The molecule has 1 aliphatic rings. The van der Waals surface area contributed by atoms with Crippen molar-refractivity contribution in [1.29, 1.82) is 0 Å². The summed E-state index contributed by atoms with van der Waals surface area (Å²) in [7, 11) is 0. The van der Waals surface area contributed by atoms with E-state index in [4.69, 9.17) is 4.98 Å². The molecular formula is C22H22N6OS. The lowest BCUT2D eigenvalue weighted by molar-refractivity contribution is 0.103. The van der Waals surface area contributed by atoms with Gasteiger partial charge in [0.15, 0.2) is 5.13 Å². The first-order valence-electron chi connectivity index (χ1n) is 10.1. The van der Waals surface area contributed by atoms with Crippen LogP contribution in [0.15, 0.2) is 42.7 Å². The van der Waals surface area contributed by atoms with Gasteiger partial charge in [-0.15, -0.1) is 0 Å². The molecule has 3 N–H and O–H groups in total. The summed E-state index contributed by atoms with van der Waals surface area (Å²) in [5, 5.41) is 14.8. The molecule has 0 saturated heterocycles. The third kappa shape index (κ3) is 3.78. The van der Waals surface area contributed by atoms with E-state index >= 15 is 0 Å². The summed E-state index contributed by atoms with van der Waals surface area (Å²) in [6.45, 7) is 1.96. The Morgan fingerprint density at radius 3 is 2.97 bits per heavy atom. The molecule has 1 saturated carbocycles. The van der Waals surface area contributed by atoms with Crippen LogP contribution in [0.5, 0.6) is 0 Å². The second-order valence-electron chi connectivity index (χ2n) is 7.71. The SMILES string of the molecule is Cc1ccc2[nH]ncc2c1NC(=O)c1cnc(Nc2cccc(CC3CCC3)n2)s1. The van der Waals surface area contributed by atoms with Crippen LogP contribution in [0, 0.1) is 12.8 Å². The molecule has 0 aliphatic heterocycles. The number of fused-ring (bicyclic) bond motifs is 1. The molecule has 3 aromatic heterocycles. The van der Waals surface area contributed by atoms with Gasteiger partial charge in [0.1, 0.15) is 10.7 Å². The number of aromatic amines is 1. The molecule has 1 aromatic carbocycles. The molecular weight excluding hydrogens is 396 g/mol. The fourth-order valence-electron chi connectivity index (χ4n) is 3.67. The van der Waals surface area contributed by atoms with E-state index in [1.807, 2.05) is 31.2 Å². The highest BCUT2D eigenvalue weighted by atomic mass is 32.1. The molecule has 152 valence electrons. The molecule has 0 radical (unpaired) electrons. The summed E-state index contributed by atoms with van der Waals surface area (Å²) in [6.07, 6.45) is 8.28. The highest BCUT2D eigenvalue weighted by Gasteiger charge is 2.19. The van der Waals surface area contributed by atoms with Crippen LogP contribution in [0.3, 0.4) is 0 Å². The Labute approximate surface area is 178 Å². The van der Waals surface area contributed by atoms with Crippen molar-refractivity contribution in [3.8, 4) is 0 Å². The van der Waals surface area contributed by atoms with Gasteiger partial charge < -0.3 is 10.6 Å². The van der Waals surface area contributed by atoms with Gasteiger partial charge in [-0.25, -0.2) is 9.97 Å². The highest BCUT2D eigenvalue weighted by molar-refractivity contribution is 7.17. The van der Waals surface area contributed by atoms with Crippen LogP contribution in [0.25, 0.3) is 10.9 Å². The normalized spacial score (nSPS) is 13.9. The van der Waals surface area contributed by atoms with Crippen LogP contribution in [-0.4, -0.2) is 26.1 Å². The summed E-state index contributed by atoms with van der Waals surface area (Å²) in [4.78, 5) is 22.4. The summed E-state index contributed by atoms with van der Waals surface area (Å²) in [6, 6.07) is 9.92. The van der Waals surface area contributed by atoms with E-state index in [1.54, 1.807) is 12.4 Å². The van der Waals surface area contributed by atoms with Crippen LogP contribution >= 0.6 is 11.3 Å². The number of hydrogen-bond acceptors (Lipinski definition) is 6. The number of nitrogens with one attached hydrogen (secondary N) is 3. The largest absolute Gasteiger partial charge is 0.320 e. The zero-order valence-electron chi connectivity index (χ0n) is 16.6. The average molecular weight is 419 g/mol. The molecule has 8 heteroatoms. The molecule has 0 unspecified atom stereocenters. The van der Waals surface area contributed by atoms with E-state index in [2.05, 4.69) is 31.9 Å². The standard InChI is InChI=1S/C22H22N6OS/c1-13-8-9-17-16(11-24-28-17)20(13)27-21(29)18-12-23-22(30-18)26-19-7-3-6-15(25-19)10-14-4-2-5-14/h3,6-9,11-12,14H,2,4-5,10H2,1H3,(H,24,28)(H,27,29)(H,23,25,26). The summed E-state index contributed by atoms with van der Waals surface area (Å²) >= 11 is 1.31. The number of carbonyl (C=O) groups is 1. The first kappa shape index (κ1) is 18.7. The number of benzene rings is 1. The van der Waals surface area contributed by atoms with Crippen molar-refractivity contribution in [2.24, 2.45) is 5.92 Å². The molecule has 1 aliphatic carbocycles. The Morgan fingerprint density at radius 2 is 2.13 bits per heavy atom. The fraction of sp³-hybridized carbons (Fsp3) is 0.273. The van der Waals surface area contributed by atoms with E-state index in [1.165, 1.54) is 30.6 Å². The lowest BCUT2D eigenvalue weighted by atomic mass is 9.82. The Morgan fingerprint density at radius 1 is 1.23 bits per heavy atom. The molecule has 1 fully saturated rings. The van der Waals surface area contributed by atoms with E-state index in [0.717, 1.165) is 46.0 Å². The number of aromatic nitrogens is 4. The average Bonchev–Trinajstić information content (AvgIpc) is 3.37. The van der Waals surface area contributed by atoms with Crippen LogP contribution in [0.4, 0.5) is 16.6 Å². The first-order chi connectivity index (χ1) is 14.7. The van der Waals surface area contributed by atoms with Gasteiger partial charge in [-0.1, -0.05) is 42.7 Å². The molecule has 0 atom stereocenters. The van der Waals surface area contributed by atoms with Gasteiger partial charge in [0, 0.05) is 11.1 Å². The first-order valence-corrected chi connectivity index (χ1v) is 10.9. The Bertz CT molecular complexity index is 1210. The number of anilines is 3. The number of amides is 1. The molecule has 1 amide bonds. The number of carbonyl (C=O) groups excluding carboxylic acids is 1. The van der Waals surface area contributed by atoms with E-state index in [-0.39, 0.29) is 5.91 Å². The molecule has 5 rings (SSSR count). The van der Waals surface area contributed by atoms with Gasteiger partial charge in [0.25, 0.3) is 5.91 Å². The zero-order valence-corrected chi connectivity index (χ0v) is 17.4. The minimum Gasteiger partial charge on any atom is -0.320 e. The second-order valence-corrected chi connectivity index (χ2v) is 8.74. The van der Waals surface area contributed by atoms with Crippen molar-refractivity contribution in [3.05, 3.63) is 58.9 Å². The van der Waals surface area contributed by atoms with Gasteiger partial charge in [-0.2, -0.15) is 5.10 Å². The van der Waals surface area contributed by atoms with Gasteiger partial charge in [0.2, 0.25) is 0 Å². The van der Waals surface area contributed by atoms with Gasteiger partial charge in [-0.3, -0.25) is 9.89 Å². The molecule has 7 nitrogen and oxygen atoms in total. The number of thiazole rings is 1. The number of rotatable bonds is 6. The van der Waals surface area contributed by atoms with Crippen molar-refractivity contribution in [2.75, 3.05) is 10.6 Å². The summed E-state index contributed by atoms with van der Waals surface area (Å²) in [5.41, 5.74) is 3.73. The van der Waals surface area contributed by atoms with E-state index in [9.17, 15) is 4.79 Å². The van der Waals surface area contributed by atoms with Crippen LogP contribution < -0.4 is 10.6 Å². The predicted molar refractivity (Wildman–Crippen MR) is 119 cm³/mol. The zero-order chi connectivity index (χ0) is 20.5. The maximum Gasteiger partial charge on any atom is 0.267 e. The quantitative estimate of drug-likeness (QED) is 0.407. The van der Waals surface area contributed by atoms with Crippen molar-refractivity contribution >= 4 is 44.8 Å². The Kier molecular flexibility index (Phi) is 4.92. The van der Waals surface area contributed by atoms with Crippen molar-refractivity contribution in [2.45, 2.75) is 32.6 Å². The van der Waals surface area contributed by atoms with Gasteiger partial charge in [0.05, 0.1) is 23.6 Å². The smallest absolute Gasteiger partial charge is 0.267 e. The fourth-order valence-corrected chi connectivity index (χ4v) is 4.39. The number of pyridine rings is 1. The maximum absolute atomic E-state index is 12.8. The summed E-state index contributed by atoms with van der Waals surface area (Å²) < 4.78 is 0. The topological polar surface area (TPSA) is 95.6 Å². The third-order valence-corrected chi connectivity index (χ3v) is 6.48. The number of H-pyrrole nitrogens is 1. The second kappa shape index (κ2) is 7.87. The number of aryl methyl sites for hydroxylation is 1. The predicted octanol–water partition coefficient (Wildman–Crippen LogP) is 5.06. The van der Waals surface area contributed by atoms with Crippen molar-refractivity contribution in [3.63, 3.8) is 0 Å². The van der Waals surface area contributed by atoms with E-state index in [0.29, 0.717) is 10.0 Å². The van der Waals surface area contributed by atoms with Crippen LogP contribution in [-0.2, 0) is 6.42 Å². The summed E-state index contributed by atoms with van der Waals surface area (Å²) in [5.74, 6) is 1.34. The monoisotopic (exact) mass is 418 g/mol. The van der Waals surface area contributed by atoms with Crippen molar-refractivity contribution < 1.29 is 4.79 Å². The minimum absolute atomic E-state index is 0.191. The van der Waals surface area contributed by atoms with Gasteiger partial charge in [-0.05, 0) is 43.0 Å². The van der Waals surface area contributed by atoms with Crippen molar-refractivity contribution in [1.82, 2.24) is 20.2 Å². The molecule has 30 heavy (non-hydrogen) atoms. The Balaban J connectivity index is 1.29. The van der Waals surface area contributed by atoms with E-state index < -0.39 is 0 Å². The lowest BCUT2D eigenvalue weighted by Gasteiger charge is -2.24. The molecule has 3 heterocycles. The van der Waals surface area contributed by atoms with Crippen LogP contribution in [0.2, 0.25) is 0 Å². The highest BCUT2D eigenvalue weighted by Crippen LogP contribution is 2.30.